The molecule has 19 heavy (non-hydrogen) atoms. The van der Waals surface area contributed by atoms with Crippen LogP contribution in [0.4, 0.5) is 10.3 Å². The summed E-state index contributed by atoms with van der Waals surface area (Å²) in [7, 11) is 0. The van der Waals surface area contributed by atoms with Gasteiger partial charge in [-0.05, 0) is 23.8 Å². The van der Waals surface area contributed by atoms with E-state index in [9.17, 15) is 4.39 Å². The van der Waals surface area contributed by atoms with E-state index in [1.165, 1.54) is 12.1 Å². The highest BCUT2D eigenvalue weighted by Gasteiger charge is 1.99. The van der Waals surface area contributed by atoms with Crippen LogP contribution in [-0.4, -0.2) is 9.97 Å². The number of rotatable bonds is 3. The molecule has 0 radical (unpaired) electrons. The fourth-order valence-corrected chi connectivity index (χ4v) is 1.84. The van der Waals surface area contributed by atoms with Gasteiger partial charge >= 0.3 is 0 Å². The van der Waals surface area contributed by atoms with Crippen LogP contribution in [0.5, 0.6) is 0 Å². The molecule has 0 aliphatic rings. The van der Waals surface area contributed by atoms with Gasteiger partial charge in [0.05, 0.1) is 5.52 Å². The lowest BCUT2D eigenvalue weighted by Gasteiger charge is -2.05. The van der Waals surface area contributed by atoms with Crippen LogP contribution in [0.2, 0.25) is 0 Å². The Balaban J connectivity index is 1.76. The summed E-state index contributed by atoms with van der Waals surface area (Å²) in [6, 6.07) is 14.2. The molecule has 0 saturated carbocycles. The van der Waals surface area contributed by atoms with Crippen molar-refractivity contribution in [1.82, 2.24) is 9.97 Å². The highest BCUT2D eigenvalue weighted by atomic mass is 19.1. The van der Waals surface area contributed by atoms with Crippen LogP contribution >= 0.6 is 0 Å². The molecule has 0 amide bonds. The first-order valence-electron chi connectivity index (χ1n) is 6.01. The molecule has 2 aromatic carbocycles. The van der Waals surface area contributed by atoms with Gasteiger partial charge in [0.1, 0.15) is 5.82 Å². The van der Waals surface area contributed by atoms with Crippen LogP contribution in [0.25, 0.3) is 10.9 Å². The Bertz CT molecular complexity index is 695. The number of anilines is 1. The largest absolute Gasteiger partial charge is 0.350 e. The minimum atomic E-state index is -0.231. The number of halogens is 1. The second-order valence-electron chi connectivity index (χ2n) is 4.23. The highest BCUT2D eigenvalue weighted by Crippen LogP contribution is 2.12. The van der Waals surface area contributed by atoms with Gasteiger partial charge in [0.25, 0.3) is 0 Å². The third-order valence-electron chi connectivity index (χ3n) is 2.85. The van der Waals surface area contributed by atoms with Crippen molar-refractivity contribution in [3.8, 4) is 0 Å². The Kier molecular flexibility index (Phi) is 3.06. The molecule has 3 rings (SSSR count). The van der Waals surface area contributed by atoms with Gasteiger partial charge in [-0.2, -0.15) is 0 Å². The Labute approximate surface area is 110 Å². The highest BCUT2D eigenvalue weighted by molar-refractivity contribution is 5.78. The fraction of sp³-hybridized carbons (Fsp3) is 0.0667. The zero-order chi connectivity index (χ0) is 13.1. The molecule has 1 aromatic heterocycles. The zero-order valence-electron chi connectivity index (χ0n) is 10.2. The number of aromatic nitrogens is 2. The van der Waals surface area contributed by atoms with E-state index in [0.29, 0.717) is 12.5 Å². The third-order valence-corrected chi connectivity index (χ3v) is 2.85. The first kappa shape index (κ1) is 11.6. The lowest BCUT2D eigenvalue weighted by atomic mass is 10.2. The Morgan fingerprint density at radius 1 is 1.00 bits per heavy atom. The van der Waals surface area contributed by atoms with Gasteiger partial charge in [0.15, 0.2) is 0 Å². The number of nitrogens with zero attached hydrogens (tertiary/aromatic N) is 2. The monoisotopic (exact) mass is 253 g/mol. The van der Waals surface area contributed by atoms with E-state index in [-0.39, 0.29) is 5.82 Å². The number of hydrogen-bond donors (Lipinski definition) is 1. The smallest absolute Gasteiger partial charge is 0.223 e. The minimum absolute atomic E-state index is 0.231. The average Bonchev–Trinajstić information content (AvgIpc) is 2.46. The number of fused-ring (bicyclic) bond motifs is 1. The topological polar surface area (TPSA) is 37.8 Å². The first-order valence-corrected chi connectivity index (χ1v) is 6.01. The van der Waals surface area contributed by atoms with E-state index in [2.05, 4.69) is 15.3 Å². The molecule has 0 spiro atoms. The minimum Gasteiger partial charge on any atom is -0.350 e. The van der Waals surface area contributed by atoms with Crippen LogP contribution in [0.3, 0.4) is 0 Å². The molecule has 0 saturated heterocycles. The SMILES string of the molecule is Fc1ccc(CNc2ncc3ccccc3n2)cc1. The molecule has 0 aliphatic carbocycles. The Morgan fingerprint density at radius 2 is 1.79 bits per heavy atom. The summed E-state index contributed by atoms with van der Waals surface area (Å²) in [5.74, 6) is 0.341. The van der Waals surface area contributed by atoms with Gasteiger partial charge in [0.2, 0.25) is 5.95 Å². The van der Waals surface area contributed by atoms with Crippen LogP contribution in [0.15, 0.2) is 54.7 Å². The number of para-hydroxylation sites is 1. The maximum Gasteiger partial charge on any atom is 0.223 e. The van der Waals surface area contributed by atoms with Crippen molar-refractivity contribution >= 4 is 16.9 Å². The molecule has 94 valence electrons. The summed E-state index contributed by atoms with van der Waals surface area (Å²) in [6.45, 7) is 0.568. The molecule has 0 fully saturated rings. The predicted molar refractivity (Wildman–Crippen MR) is 73.3 cm³/mol. The van der Waals surface area contributed by atoms with Crippen molar-refractivity contribution in [2.24, 2.45) is 0 Å². The van der Waals surface area contributed by atoms with Gasteiger partial charge < -0.3 is 5.32 Å². The normalized spacial score (nSPS) is 10.6. The molecule has 1 N–H and O–H groups in total. The van der Waals surface area contributed by atoms with E-state index in [1.807, 2.05) is 24.3 Å². The van der Waals surface area contributed by atoms with Gasteiger partial charge in [0, 0.05) is 18.1 Å². The van der Waals surface area contributed by atoms with Gasteiger partial charge in [-0.3, -0.25) is 0 Å². The number of nitrogens with one attached hydrogen (secondary N) is 1. The molecular weight excluding hydrogens is 241 g/mol. The summed E-state index contributed by atoms with van der Waals surface area (Å²) in [6.07, 6.45) is 1.79. The summed E-state index contributed by atoms with van der Waals surface area (Å²) < 4.78 is 12.8. The Hall–Kier alpha value is -2.49. The van der Waals surface area contributed by atoms with Gasteiger partial charge in [-0.25, -0.2) is 14.4 Å². The van der Waals surface area contributed by atoms with Crippen LogP contribution in [0.1, 0.15) is 5.56 Å². The first-order chi connectivity index (χ1) is 9.31. The average molecular weight is 253 g/mol. The molecule has 0 atom stereocenters. The van der Waals surface area contributed by atoms with Gasteiger partial charge in [-0.15, -0.1) is 0 Å². The Morgan fingerprint density at radius 3 is 2.63 bits per heavy atom. The second kappa shape index (κ2) is 5.02. The summed E-state index contributed by atoms with van der Waals surface area (Å²) in [5, 5.41) is 4.14. The van der Waals surface area contributed by atoms with Crippen molar-refractivity contribution in [1.29, 1.82) is 0 Å². The molecule has 3 aromatic rings. The van der Waals surface area contributed by atoms with E-state index in [4.69, 9.17) is 0 Å². The molecule has 4 heteroatoms. The third kappa shape index (κ3) is 2.68. The van der Waals surface area contributed by atoms with Gasteiger partial charge in [-0.1, -0.05) is 30.3 Å². The van der Waals surface area contributed by atoms with Crippen molar-refractivity contribution in [2.45, 2.75) is 6.54 Å². The molecule has 1 heterocycles. The van der Waals surface area contributed by atoms with Crippen LogP contribution < -0.4 is 5.32 Å². The van der Waals surface area contributed by atoms with E-state index in [1.54, 1.807) is 18.3 Å². The zero-order valence-corrected chi connectivity index (χ0v) is 10.2. The lowest BCUT2D eigenvalue weighted by molar-refractivity contribution is 0.627. The molecule has 3 nitrogen and oxygen atoms in total. The summed E-state index contributed by atoms with van der Waals surface area (Å²) >= 11 is 0. The lowest BCUT2D eigenvalue weighted by Crippen LogP contribution is -2.03. The maximum atomic E-state index is 12.8. The van der Waals surface area contributed by atoms with Crippen LogP contribution in [0, 0.1) is 5.82 Å². The van der Waals surface area contributed by atoms with Crippen molar-refractivity contribution in [3.63, 3.8) is 0 Å². The quantitative estimate of drug-likeness (QED) is 0.777. The number of hydrogen-bond acceptors (Lipinski definition) is 3. The summed E-state index contributed by atoms with van der Waals surface area (Å²) in [4.78, 5) is 8.65. The van der Waals surface area contributed by atoms with Crippen LogP contribution in [-0.2, 0) is 6.54 Å². The fourth-order valence-electron chi connectivity index (χ4n) is 1.84. The predicted octanol–water partition coefficient (Wildman–Crippen LogP) is 3.38. The van der Waals surface area contributed by atoms with E-state index in [0.717, 1.165) is 16.5 Å². The van der Waals surface area contributed by atoms with Crippen molar-refractivity contribution < 1.29 is 4.39 Å². The van der Waals surface area contributed by atoms with E-state index >= 15 is 0 Å². The molecule has 0 bridgehead atoms. The molecule has 0 unspecified atom stereocenters. The molecular formula is C15H12FN3. The standard InChI is InChI=1S/C15H12FN3/c16-13-7-5-11(6-8-13)9-17-15-18-10-12-3-1-2-4-14(12)19-15/h1-8,10H,9H2,(H,17,18,19). The van der Waals surface area contributed by atoms with Crippen molar-refractivity contribution in [2.75, 3.05) is 5.32 Å². The van der Waals surface area contributed by atoms with E-state index < -0.39 is 0 Å². The number of benzene rings is 2. The second-order valence-corrected chi connectivity index (χ2v) is 4.23. The molecule has 0 aliphatic heterocycles. The maximum absolute atomic E-state index is 12.8. The van der Waals surface area contributed by atoms with Crippen molar-refractivity contribution in [3.05, 3.63) is 66.1 Å². The summed E-state index contributed by atoms with van der Waals surface area (Å²) in [5.41, 5.74) is 1.89.